The largest absolute Gasteiger partial charge is 0.319 e. The van der Waals surface area contributed by atoms with Gasteiger partial charge in [-0.25, -0.2) is 8.42 Å². The van der Waals surface area contributed by atoms with Crippen LogP contribution < -0.4 is 5.32 Å². The van der Waals surface area contributed by atoms with Crippen LogP contribution in [0.2, 0.25) is 0 Å². The molecule has 0 aliphatic rings. The van der Waals surface area contributed by atoms with Gasteiger partial charge < -0.3 is 5.32 Å². The van der Waals surface area contributed by atoms with E-state index in [2.05, 4.69) is 36.7 Å². The van der Waals surface area contributed by atoms with Gasteiger partial charge in [-0.05, 0) is 34.1 Å². The van der Waals surface area contributed by atoms with E-state index in [-0.39, 0.29) is 10.6 Å². The number of nitrogens with one attached hydrogen (secondary N) is 2. The number of carbonyl (C=O) groups excluding carboxylic acids is 1. The first-order valence-corrected chi connectivity index (χ1v) is 7.89. The normalized spacial score (nSPS) is 11.3. The number of aromatic amines is 1. The summed E-state index contributed by atoms with van der Waals surface area (Å²) in [6.07, 6.45) is 1.26. The Kier molecular flexibility index (Phi) is 3.88. The van der Waals surface area contributed by atoms with E-state index in [4.69, 9.17) is 10.7 Å². The lowest BCUT2D eigenvalue weighted by molar-refractivity contribution is 0.102. The van der Waals surface area contributed by atoms with Crippen LogP contribution in [-0.4, -0.2) is 29.7 Å². The fourth-order valence-electron chi connectivity index (χ4n) is 1.25. The Balaban J connectivity index is 2.25. The van der Waals surface area contributed by atoms with Crippen LogP contribution in [-0.2, 0) is 9.05 Å². The quantitative estimate of drug-likeness (QED) is 0.806. The van der Waals surface area contributed by atoms with Crippen molar-refractivity contribution in [3.05, 3.63) is 34.6 Å². The summed E-state index contributed by atoms with van der Waals surface area (Å²) in [6.45, 7) is 0. The molecule has 0 unspecified atom stereocenters. The summed E-state index contributed by atoms with van der Waals surface area (Å²) in [5, 5.41) is 12.0. The highest BCUT2D eigenvalue weighted by Gasteiger charge is 2.14. The molecule has 0 saturated carbocycles. The minimum Gasteiger partial charge on any atom is -0.319 e. The molecule has 1 amide bonds. The molecule has 2 N–H and O–H groups in total. The number of rotatable bonds is 3. The van der Waals surface area contributed by atoms with Gasteiger partial charge in [0.05, 0.1) is 16.8 Å². The van der Waals surface area contributed by atoms with Gasteiger partial charge in [-0.2, -0.15) is 15.4 Å². The lowest BCUT2D eigenvalue weighted by atomic mass is 10.3. The molecule has 0 fully saturated rings. The van der Waals surface area contributed by atoms with Crippen LogP contribution in [0.3, 0.4) is 0 Å². The van der Waals surface area contributed by atoms with E-state index >= 15 is 0 Å². The average Bonchev–Trinajstić information content (AvgIpc) is 2.84. The Labute approximate surface area is 120 Å². The summed E-state index contributed by atoms with van der Waals surface area (Å²) < 4.78 is 22.7. The zero-order valence-electron chi connectivity index (χ0n) is 9.09. The van der Waals surface area contributed by atoms with Gasteiger partial charge in [0.2, 0.25) is 0 Å². The molecule has 0 aliphatic heterocycles. The highest BCUT2D eigenvalue weighted by atomic mass is 79.9. The summed E-state index contributed by atoms with van der Waals surface area (Å²) in [5.74, 6) is -0.476. The maximum Gasteiger partial charge on any atom is 0.277 e. The zero-order valence-corrected chi connectivity index (χ0v) is 12.3. The number of benzene rings is 1. The molecule has 1 heterocycles. The third-order valence-corrected chi connectivity index (χ3v) is 4.13. The van der Waals surface area contributed by atoms with Gasteiger partial charge in [-0.3, -0.25) is 4.79 Å². The SMILES string of the molecule is O=C(Nc1ccc(S(=O)(=O)Cl)cc1Br)c1cn[nH]n1. The number of anilines is 1. The van der Waals surface area contributed by atoms with Crippen LogP contribution >= 0.6 is 26.6 Å². The molecule has 1 aromatic carbocycles. The van der Waals surface area contributed by atoms with Crippen molar-refractivity contribution in [3.8, 4) is 0 Å². The fraction of sp³-hybridized carbons (Fsp3) is 0. The van der Waals surface area contributed by atoms with Crippen molar-refractivity contribution in [1.82, 2.24) is 15.4 Å². The Morgan fingerprint density at radius 1 is 1.42 bits per heavy atom. The highest BCUT2D eigenvalue weighted by molar-refractivity contribution is 9.10. The summed E-state index contributed by atoms with van der Waals surface area (Å²) in [5.41, 5.74) is 0.498. The Bertz CT molecular complexity index is 717. The van der Waals surface area contributed by atoms with Gasteiger partial charge in [0.15, 0.2) is 5.69 Å². The summed E-state index contributed by atoms with van der Waals surface area (Å²) in [4.78, 5) is 11.6. The van der Waals surface area contributed by atoms with Crippen LogP contribution in [0.4, 0.5) is 5.69 Å². The molecule has 7 nitrogen and oxygen atoms in total. The first kappa shape index (κ1) is 14.0. The van der Waals surface area contributed by atoms with Crippen molar-refractivity contribution < 1.29 is 13.2 Å². The predicted molar refractivity (Wildman–Crippen MR) is 71.5 cm³/mol. The van der Waals surface area contributed by atoms with Gasteiger partial charge >= 0.3 is 0 Å². The fourth-order valence-corrected chi connectivity index (χ4v) is 2.65. The predicted octanol–water partition coefficient (Wildman–Crippen LogP) is 1.75. The molecule has 10 heteroatoms. The molecule has 100 valence electrons. The number of carbonyl (C=O) groups is 1. The van der Waals surface area contributed by atoms with Gasteiger partial charge in [0, 0.05) is 15.2 Å². The molecule has 0 spiro atoms. The molecule has 0 saturated heterocycles. The van der Waals surface area contributed by atoms with Crippen molar-refractivity contribution >= 4 is 47.3 Å². The van der Waals surface area contributed by atoms with Crippen LogP contribution in [0.5, 0.6) is 0 Å². The number of amides is 1. The van der Waals surface area contributed by atoms with Crippen LogP contribution in [0.1, 0.15) is 10.5 Å². The first-order chi connectivity index (χ1) is 8.88. The average molecular weight is 366 g/mol. The highest BCUT2D eigenvalue weighted by Crippen LogP contribution is 2.27. The van der Waals surface area contributed by atoms with Gasteiger partial charge in [0.25, 0.3) is 15.0 Å². The molecule has 0 bridgehead atoms. The number of hydrogen-bond acceptors (Lipinski definition) is 5. The van der Waals surface area contributed by atoms with Crippen molar-refractivity contribution in [2.45, 2.75) is 4.90 Å². The molecule has 1 aromatic heterocycles. The number of hydrogen-bond donors (Lipinski definition) is 2. The molecule has 2 aromatic rings. The molecule has 0 aliphatic carbocycles. The smallest absolute Gasteiger partial charge is 0.277 e. The van der Waals surface area contributed by atoms with Crippen molar-refractivity contribution in [3.63, 3.8) is 0 Å². The topological polar surface area (TPSA) is 105 Å². The van der Waals surface area contributed by atoms with E-state index in [1.807, 2.05) is 0 Å². The summed E-state index contributed by atoms with van der Waals surface area (Å²) in [6, 6.07) is 3.99. The number of nitrogens with zero attached hydrogens (tertiary/aromatic N) is 2. The molecule has 0 radical (unpaired) electrons. The Hall–Kier alpha value is -1.45. The molecule has 19 heavy (non-hydrogen) atoms. The van der Waals surface area contributed by atoms with Crippen molar-refractivity contribution in [2.75, 3.05) is 5.32 Å². The molecular formula is C9H6BrClN4O3S. The second-order valence-corrected chi connectivity index (χ2v) is 6.81. The van der Waals surface area contributed by atoms with Crippen LogP contribution in [0.25, 0.3) is 0 Å². The second kappa shape index (κ2) is 5.27. The third-order valence-electron chi connectivity index (χ3n) is 2.12. The minimum atomic E-state index is -3.81. The van der Waals surface area contributed by atoms with Crippen LogP contribution in [0, 0.1) is 0 Å². The van der Waals surface area contributed by atoms with E-state index in [0.717, 1.165) is 0 Å². The second-order valence-electron chi connectivity index (χ2n) is 3.39. The van der Waals surface area contributed by atoms with Gasteiger partial charge in [0.1, 0.15) is 0 Å². The minimum absolute atomic E-state index is 0.0690. The van der Waals surface area contributed by atoms with Gasteiger partial charge in [-0.15, -0.1) is 0 Å². The van der Waals surface area contributed by atoms with Crippen LogP contribution in [0.15, 0.2) is 33.8 Å². The van der Waals surface area contributed by atoms with Crippen molar-refractivity contribution in [2.24, 2.45) is 0 Å². The Morgan fingerprint density at radius 3 is 2.68 bits per heavy atom. The molecule has 2 rings (SSSR count). The zero-order chi connectivity index (χ0) is 14.0. The lowest BCUT2D eigenvalue weighted by Gasteiger charge is -2.06. The number of H-pyrrole nitrogens is 1. The van der Waals surface area contributed by atoms with Crippen molar-refractivity contribution in [1.29, 1.82) is 0 Å². The lowest BCUT2D eigenvalue weighted by Crippen LogP contribution is -2.13. The first-order valence-electron chi connectivity index (χ1n) is 4.79. The standard InChI is InChI=1S/C9H6BrClN4O3S/c10-6-3-5(19(11,17)18)1-2-7(6)13-9(16)8-4-12-15-14-8/h1-4H,(H,13,16)(H,12,14,15). The number of aromatic nitrogens is 3. The maximum atomic E-state index is 11.7. The summed E-state index contributed by atoms with van der Waals surface area (Å²) in [7, 11) is 1.40. The number of halogens is 2. The molecule has 0 atom stereocenters. The van der Waals surface area contributed by atoms with E-state index in [1.54, 1.807) is 0 Å². The van der Waals surface area contributed by atoms with E-state index in [1.165, 1.54) is 24.4 Å². The van der Waals surface area contributed by atoms with E-state index in [0.29, 0.717) is 10.2 Å². The summed E-state index contributed by atoms with van der Waals surface area (Å²) >= 11 is 3.15. The monoisotopic (exact) mass is 364 g/mol. The van der Waals surface area contributed by atoms with Gasteiger partial charge in [-0.1, -0.05) is 0 Å². The maximum absolute atomic E-state index is 11.7. The van der Waals surface area contributed by atoms with E-state index in [9.17, 15) is 13.2 Å². The third kappa shape index (κ3) is 3.31. The Morgan fingerprint density at radius 2 is 2.16 bits per heavy atom. The van der Waals surface area contributed by atoms with E-state index < -0.39 is 15.0 Å². The molecular weight excluding hydrogens is 360 g/mol.